The van der Waals surface area contributed by atoms with Gasteiger partial charge >= 0.3 is 5.97 Å². The monoisotopic (exact) mass is 248 g/mol. The van der Waals surface area contributed by atoms with Gasteiger partial charge in [-0.05, 0) is 49.4 Å². The van der Waals surface area contributed by atoms with Crippen LogP contribution in [0.15, 0.2) is 0 Å². The predicted octanol–water partition coefficient (Wildman–Crippen LogP) is 2.93. The van der Waals surface area contributed by atoms with E-state index >= 15 is 0 Å². The molecule has 0 bridgehead atoms. The number of fused-ring (bicyclic) bond motifs is 2. The highest BCUT2D eigenvalue weighted by molar-refractivity contribution is 6.51. The smallest absolute Gasteiger partial charge is 0.307 e. The highest BCUT2D eigenvalue weighted by atomic mass is 35.5. The van der Waals surface area contributed by atoms with Gasteiger partial charge in [-0.2, -0.15) is 0 Å². The zero-order valence-electron chi connectivity index (χ0n) is 8.33. The Bertz CT molecular complexity index is 294. The van der Waals surface area contributed by atoms with Gasteiger partial charge in [0, 0.05) is 0 Å². The Hall–Kier alpha value is 0.0500. The second-order valence-electron chi connectivity index (χ2n) is 5.23. The number of carbonyl (C=O) groups is 1. The Balaban J connectivity index is 1.67. The normalized spacial score (nSPS) is 50.7. The Morgan fingerprint density at radius 2 is 1.53 bits per heavy atom. The number of carboxylic acids is 1. The lowest BCUT2D eigenvalue weighted by atomic mass is 10.0. The number of hydrogen-bond donors (Lipinski definition) is 1. The van der Waals surface area contributed by atoms with Crippen molar-refractivity contribution in [3.8, 4) is 0 Å². The van der Waals surface area contributed by atoms with Crippen molar-refractivity contribution < 1.29 is 9.90 Å². The molecule has 0 radical (unpaired) electrons. The summed E-state index contributed by atoms with van der Waals surface area (Å²) < 4.78 is -0.491. The number of hydrogen-bond acceptors (Lipinski definition) is 1. The van der Waals surface area contributed by atoms with E-state index in [1.54, 1.807) is 0 Å². The van der Waals surface area contributed by atoms with Crippen molar-refractivity contribution in [1.29, 1.82) is 0 Å². The molecular weight excluding hydrogens is 235 g/mol. The molecule has 0 aromatic heterocycles. The third-order valence-corrected chi connectivity index (χ3v) is 5.73. The highest BCUT2D eigenvalue weighted by Crippen LogP contribution is 2.67. The summed E-state index contributed by atoms with van der Waals surface area (Å²) in [6.45, 7) is 0. The van der Waals surface area contributed by atoms with Crippen molar-refractivity contribution in [2.24, 2.45) is 29.6 Å². The summed E-state index contributed by atoms with van der Waals surface area (Å²) in [5.74, 6) is 1.00. The van der Waals surface area contributed by atoms with Crippen LogP contribution in [0.2, 0.25) is 0 Å². The maximum atomic E-state index is 10.9. The lowest BCUT2D eigenvalue weighted by Crippen LogP contribution is -2.01. The first kappa shape index (κ1) is 10.2. The number of rotatable bonds is 1. The maximum Gasteiger partial charge on any atom is 0.307 e. The van der Waals surface area contributed by atoms with Gasteiger partial charge in [0.25, 0.3) is 0 Å². The van der Waals surface area contributed by atoms with E-state index < -0.39 is 10.3 Å². The molecule has 3 saturated carbocycles. The number of aliphatic carboxylic acids is 1. The fraction of sp³-hybridized carbons (Fsp3) is 0.909. The van der Waals surface area contributed by atoms with Crippen LogP contribution in [0.3, 0.4) is 0 Å². The molecule has 4 atom stereocenters. The van der Waals surface area contributed by atoms with E-state index in [-0.39, 0.29) is 5.92 Å². The molecule has 0 spiro atoms. The molecule has 0 aromatic rings. The fourth-order valence-corrected chi connectivity index (χ4v) is 4.51. The highest BCUT2D eigenvalue weighted by Gasteiger charge is 2.65. The van der Waals surface area contributed by atoms with Gasteiger partial charge in [0.05, 0.1) is 5.92 Å². The molecule has 3 fully saturated rings. The van der Waals surface area contributed by atoms with Crippen molar-refractivity contribution in [1.82, 2.24) is 0 Å². The summed E-state index contributed by atoms with van der Waals surface area (Å²) in [5, 5.41) is 9.00. The Labute approximate surface area is 98.9 Å². The summed E-state index contributed by atoms with van der Waals surface area (Å²) in [6, 6.07) is 0. The SMILES string of the molecule is O=C(O)C1[C@@H]2CC[C@H]3[C@H](CC[C@@H]12)C3(Cl)Cl. The number of alkyl halides is 2. The first-order valence-corrected chi connectivity index (χ1v) is 6.39. The first-order chi connectivity index (χ1) is 7.03. The van der Waals surface area contributed by atoms with Crippen molar-refractivity contribution in [2.45, 2.75) is 30.0 Å². The van der Waals surface area contributed by atoms with Gasteiger partial charge in [-0.15, -0.1) is 23.2 Å². The van der Waals surface area contributed by atoms with E-state index in [9.17, 15) is 4.79 Å². The van der Waals surface area contributed by atoms with Crippen LogP contribution in [-0.4, -0.2) is 15.4 Å². The molecule has 4 heteroatoms. The summed E-state index contributed by atoms with van der Waals surface area (Å²) >= 11 is 12.3. The van der Waals surface area contributed by atoms with Crippen LogP contribution in [-0.2, 0) is 4.79 Å². The van der Waals surface area contributed by atoms with E-state index in [1.165, 1.54) is 0 Å². The molecule has 3 rings (SSSR count). The zero-order chi connectivity index (χ0) is 10.8. The van der Waals surface area contributed by atoms with Crippen LogP contribution < -0.4 is 0 Å². The maximum absolute atomic E-state index is 10.9. The molecule has 3 aliphatic rings. The average molecular weight is 249 g/mol. The van der Waals surface area contributed by atoms with Gasteiger partial charge in [0.2, 0.25) is 0 Å². The third-order valence-electron chi connectivity index (χ3n) is 4.60. The van der Waals surface area contributed by atoms with Crippen molar-refractivity contribution in [2.75, 3.05) is 0 Å². The summed E-state index contributed by atoms with van der Waals surface area (Å²) in [7, 11) is 0. The van der Waals surface area contributed by atoms with Gasteiger partial charge in [-0.1, -0.05) is 0 Å². The van der Waals surface area contributed by atoms with E-state index in [0.717, 1.165) is 25.7 Å². The largest absolute Gasteiger partial charge is 0.481 e. The van der Waals surface area contributed by atoms with Gasteiger partial charge in [-0.3, -0.25) is 4.79 Å². The molecule has 0 unspecified atom stereocenters. The summed E-state index contributed by atoms with van der Waals surface area (Å²) in [4.78, 5) is 10.9. The van der Waals surface area contributed by atoms with E-state index in [4.69, 9.17) is 28.3 Å². The lowest BCUT2D eigenvalue weighted by molar-refractivity contribution is -0.139. The Kier molecular flexibility index (Phi) is 2.07. The van der Waals surface area contributed by atoms with Crippen LogP contribution in [0.4, 0.5) is 0 Å². The molecule has 0 heterocycles. The molecule has 0 saturated heterocycles. The molecule has 15 heavy (non-hydrogen) atoms. The first-order valence-electron chi connectivity index (χ1n) is 5.64. The van der Waals surface area contributed by atoms with Crippen LogP contribution in [0, 0.1) is 29.6 Å². The minimum absolute atomic E-state index is 0.0671. The minimum atomic E-state index is -0.608. The van der Waals surface area contributed by atoms with Crippen molar-refractivity contribution >= 4 is 29.2 Å². The van der Waals surface area contributed by atoms with Crippen molar-refractivity contribution in [3.05, 3.63) is 0 Å². The van der Waals surface area contributed by atoms with E-state index in [1.807, 2.05) is 0 Å². The number of carboxylic acid groups (broad SMARTS) is 1. The zero-order valence-corrected chi connectivity index (χ0v) is 9.84. The molecule has 3 aliphatic carbocycles. The molecule has 0 aromatic carbocycles. The van der Waals surface area contributed by atoms with Crippen LogP contribution in [0.25, 0.3) is 0 Å². The number of halogens is 2. The van der Waals surface area contributed by atoms with Gasteiger partial charge < -0.3 is 5.11 Å². The summed E-state index contributed by atoms with van der Waals surface area (Å²) in [6.07, 6.45) is 4.04. The third kappa shape index (κ3) is 1.41. The van der Waals surface area contributed by atoms with Gasteiger partial charge in [-0.25, -0.2) is 0 Å². The quantitative estimate of drug-likeness (QED) is 0.725. The second-order valence-corrected chi connectivity index (χ2v) is 6.68. The van der Waals surface area contributed by atoms with Crippen LogP contribution in [0.5, 0.6) is 0 Å². The van der Waals surface area contributed by atoms with Crippen molar-refractivity contribution in [3.63, 3.8) is 0 Å². The second kappa shape index (κ2) is 3.04. The molecule has 0 aliphatic heterocycles. The van der Waals surface area contributed by atoms with Gasteiger partial charge in [0.1, 0.15) is 4.33 Å². The standard InChI is InChI=1S/C11H14Cl2O2/c12-11(13)7-3-1-5-6(2-4-8(7)11)9(5)10(14)15/h5-9H,1-4H2,(H,14,15)/t5-,6-,7+,8+/m1/s1. The molecule has 1 N–H and O–H groups in total. The molecular formula is C11H14Cl2O2. The van der Waals surface area contributed by atoms with E-state index in [0.29, 0.717) is 23.7 Å². The Morgan fingerprint density at radius 3 is 1.93 bits per heavy atom. The molecule has 2 nitrogen and oxygen atoms in total. The summed E-state index contributed by atoms with van der Waals surface area (Å²) in [5.41, 5.74) is 0. The molecule has 84 valence electrons. The van der Waals surface area contributed by atoms with Crippen LogP contribution in [0.1, 0.15) is 25.7 Å². The lowest BCUT2D eigenvalue weighted by Gasteiger charge is -2.03. The van der Waals surface area contributed by atoms with Crippen LogP contribution >= 0.6 is 23.2 Å². The molecule has 0 amide bonds. The fourth-order valence-electron chi connectivity index (χ4n) is 3.59. The predicted molar refractivity (Wildman–Crippen MR) is 58.0 cm³/mol. The minimum Gasteiger partial charge on any atom is -0.481 e. The van der Waals surface area contributed by atoms with Gasteiger partial charge in [0.15, 0.2) is 0 Å². The Morgan fingerprint density at radius 1 is 1.07 bits per heavy atom. The topological polar surface area (TPSA) is 37.3 Å². The van der Waals surface area contributed by atoms with E-state index in [2.05, 4.69) is 0 Å². The average Bonchev–Trinajstić information content (AvgIpc) is 2.88.